The monoisotopic (exact) mass is 168 g/mol. The van der Waals surface area contributed by atoms with E-state index in [4.69, 9.17) is 5.11 Å². The summed E-state index contributed by atoms with van der Waals surface area (Å²) in [6.45, 7) is 1.66. The van der Waals surface area contributed by atoms with Crippen LogP contribution in [-0.2, 0) is 9.59 Å². The summed E-state index contributed by atoms with van der Waals surface area (Å²) in [5.41, 5.74) is 2.50. The van der Waals surface area contributed by atoms with Crippen molar-refractivity contribution >= 4 is 18.1 Å². The molecule has 1 aliphatic rings. The fraction of sp³-hybridized carbons (Fsp3) is 0.286. The first kappa shape index (κ1) is 8.45. The van der Waals surface area contributed by atoms with E-state index < -0.39 is 17.8 Å². The number of carboxylic acid groups (broad SMARTS) is 1. The SMILES string of the molecule is CC=C1C=NNC(=O)C1C(=O)O. The lowest BCUT2D eigenvalue weighted by Crippen LogP contribution is -2.37. The molecule has 0 saturated heterocycles. The van der Waals surface area contributed by atoms with E-state index in [1.807, 2.05) is 0 Å². The van der Waals surface area contributed by atoms with Gasteiger partial charge in [0.2, 0.25) is 0 Å². The third-order valence-corrected chi connectivity index (χ3v) is 1.56. The van der Waals surface area contributed by atoms with E-state index in [0.717, 1.165) is 0 Å². The Hall–Kier alpha value is -1.65. The lowest BCUT2D eigenvalue weighted by Gasteiger charge is -2.14. The maximum absolute atomic E-state index is 11.0. The molecule has 0 aromatic carbocycles. The van der Waals surface area contributed by atoms with Gasteiger partial charge in [0.25, 0.3) is 5.91 Å². The van der Waals surface area contributed by atoms with E-state index in [9.17, 15) is 9.59 Å². The molecule has 1 unspecified atom stereocenters. The van der Waals surface area contributed by atoms with Gasteiger partial charge >= 0.3 is 5.97 Å². The molecule has 0 aromatic rings. The van der Waals surface area contributed by atoms with Crippen LogP contribution in [-0.4, -0.2) is 23.2 Å². The summed E-state index contributed by atoms with van der Waals surface area (Å²) in [6, 6.07) is 0. The van der Waals surface area contributed by atoms with Crippen molar-refractivity contribution in [2.75, 3.05) is 0 Å². The number of hydrogen-bond donors (Lipinski definition) is 2. The number of hydrazone groups is 1. The number of carboxylic acids is 1. The van der Waals surface area contributed by atoms with Crippen molar-refractivity contribution in [3.8, 4) is 0 Å². The predicted octanol–water partition coefficient (Wildman–Crippen LogP) is -0.251. The second kappa shape index (κ2) is 3.17. The van der Waals surface area contributed by atoms with Crippen LogP contribution in [0.15, 0.2) is 16.8 Å². The van der Waals surface area contributed by atoms with Crippen LogP contribution in [0.5, 0.6) is 0 Å². The van der Waals surface area contributed by atoms with E-state index in [0.29, 0.717) is 5.57 Å². The summed E-state index contributed by atoms with van der Waals surface area (Å²) in [5, 5.41) is 12.1. The third-order valence-electron chi connectivity index (χ3n) is 1.56. The molecule has 0 spiro atoms. The average Bonchev–Trinajstić information content (AvgIpc) is 2.03. The smallest absolute Gasteiger partial charge is 0.320 e. The zero-order chi connectivity index (χ0) is 9.14. The Bertz CT molecular complexity index is 280. The maximum Gasteiger partial charge on any atom is 0.320 e. The first-order chi connectivity index (χ1) is 5.66. The maximum atomic E-state index is 11.0. The van der Waals surface area contributed by atoms with Crippen molar-refractivity contribution in [3.63, 3.8) is 0 Å². The highest BCUT2D eigenvalue weighted by atomic mass is 16.4. The number of rotatable bonds is 1. The fourth-order valence-corrected chi connectivity index (χ4v) is 0.957. The molecule has 2 N–H and O–H groups in total. The van der Waals surface area contributed by atoms with E-state index in [1.54, 1.807) is 13.0 Å². The van der Waals surface area contributed by atoms with Crippen LogP contribution in [0.1, 0.15) is 6.92 Å². The highest BCUT2D eigenvalue weighted by Gasteiger charge is 2.31. The number of nitrogens with zero attached hydrogens (tertiary/aromatic N) is 1. The van der Waals surface area contributed by atoms with Gasteiger partial charge in [-0.25, -0.2) is 5.43 Å². The van der Waals surface area contributed by atoms with Gasteiger partial charge in [-0.3, -0.25) is 9.59 Å². The second-order valence-corrected chi connectivity index (χ2v) is 2.29. The number of allylic oxidation sites excluding steroid dienone is 1. The number of carbonyl (C=O) groups excluding carboxylic acids is 1. The van der Waals surface area contributed by atoms with E-state index in [1.165, 1.54) is 6.21 Å². The molecule has 5 nitrogen and oxygen atoms in total. The van der Waals surface area contributed by atoms with E-state index in [2.05, 4.69) is 10.5 Å². The van der Waals surface area contributed by atoms with Gasteiger partial charge in [-0.1, -0.05) is 6.08 Å². The van der Waals surface area contributed by atoms with Crippen molar-refractivity contribution in [2.24, 2.45) is 11.0 Å². The zero-order valence-corrected chi connectivity index (χ0v) is 6.44. The van der Waals surface area contributed by atoms with Crippen LogP contribution < -0.4 is 5.43 Å². The Morgan fingerprint density at radius 1 is 1.83 bits per heavy atom. The van der Waals surface area contributed by atoms with Crippen molar-refractivity contribution < 1.29 is 14.7 Å². The molecule has 5 heteroatoms. The van der Waals surface area contributed by atoms with Gasteiger partial charge in [0.1, 0.15) is 0 Å². The molecule has 0 bridgehead atoms. The van der Waals surface area contributed by atoms with Crippen LogP contribution in [0.3, 0.4) is 0 Å². The molecule has 0 fully saturated rings. The molecule has 64 valence electrons. The van der Waals surface area contributed by atoms with E-state index >= 15 is 0 Å². The van der Waals surface area contributed by atoms with Crippen LogP contribution in [0.4, 0.5) is 0 Å². The molecular formula is C7H8N2O3. The first-order valence-corrected chi connectivity index (χ1v) is 3.38. The Kier molecular flexibility index (Phi) is 2.23. The number of aliphatic carboxylic acids is 1. The third kappa shape index (κ3) is 1.34. The minimum atomic E-state index is -1.16. The highest BCUT2D eigenvalue weighted by molar-refractivity contribution is 6.07. The molecule has 1 heterocycles. The van der Waals surface area contributed by atoms with Crippen LogP contribution in [0.25, 0.3) is 0 Å². The fourth-order valence-electron chi connectivity index (χ4n) is 0.957. The second-order valence-electron chi connectivity index (χ2n) is 2.29. The summed E-state index contributed by atoms with van der Waals surface area (Å²) >= 11 is 0. The van der Waals surface area contributed by atoms with Gasteiger partial charge in [0, 0.05) is 0 Å². The largest absolute Gasteiger partial charge is 0.480 e. The van der Waals surface area contributed by atoms with Gasteiger partial charge in [-0.2, -0.15) is 5.10 Å². The van der Waals surface area contributed by atoms with Gasteiger partial charge in [-0.15, -0.1) is 0 Å². The van der Waals surface area contributed by atoms with Crippen molar-refractivity contribution in [3.05, 3.63) is 11.6 Å². The molecule has 0 aliphatic carbocycles. The topological polar surface area (TPSA) is 78.8 Å². The summed E-state index contributed by atoms with van der Waals surface area (Å²) in [6.07, 6.45) is 2.89. The van der Waals surface area contributed by atoms with Gasteiger partial charge in [0.15, 0.2) is 5.92 Å². The standard InChI is InChI=1S/C7H8N2O3/c1-2-4-3-8-9-6(10)5(4)7(11)12/h2-3,5H,1H3,(H,9,10)(H,11,12). The number of amides is 1. The summed E-state index contributed by atoms with van der Waals surface area (Å²) in [7, 11) is 0. The molecular weight excluding hydrogens is 160 g/mol. The molecule has 1 aliphatic heterocycles. The predicted molar refractivity (Wildman–Crippen MR) is 41.5 cm³/mol. The quantitative estimate of drug-likeness (QED) is 0.530. The van der Waals surface area contributed by atoms with Crippen LogP contribution in [0.2, 0.25) is 0 Å². The van der Waals surface area contributed by atoms with Crippen molar-refractivity contribution in [1.29, 1.82) is 0 Å². The van der Waals surface area contributed by atoms with Crippen LogP contribution in [0, 0.1) is 5.92 Å². The molecule has 0 saturated carbocycles. The highest BCUT2D eigenvalue weighted by Crippen LogP contribution is 2.12. The van der Waals surface area contributed by atoms with Gasteiger partial charge in [0.05, 0.1) is 6.21 Å². The zero-order valence-electron chi connectivity index (χ0n) is 6.44. The Morgan fingerprint density at radius 2 is 2.50 bits per heavy atom. The minimum Gasteiger partial charge on any atom is -0.480 e. The average molecular weight is 168 g/mol. The lowest BCUT2D eigenvalue weighted by molar-refractivity contribution is -0.145. The Morgan fingerprint density at radius 3 is 2.92 bits per heavy atom. The Labute approximate surface area is 68.8 Å². The molecule has 1 amide bonds. The number of hydrogen-bond acceptors (Lipinski definition) is 3. The van der Waals surface area contributed by atoms with Crippen LogP contribution >= 0.6 is 0 Å². The molecule has 0 radical (unpaired) electrons. The summed E-state index contributed by atoms with van der Waals surface area (Å²) < 4.78 is 0. The minimum absolute atomic E-state index is 0.409. The van der Waals surface area contributed by atoms with Crippen molar-refractivity contribution in [2.45, 2.75) is 6.92 Å². The molecule has 1 atom stereocenters. The normalized spacial score (nSPS) is 25.6. The molecule has 12 heavy (non-hydrogen) atoms. The lowest BCUT2D eigenvalue weighted by atomic mass is 9.98. The molecule has 0 aromatic heterocycles. The molecule has 1 rings (SSSR count). The van der Waals surface area contributed by atoms with E-state index in [-0.39, 0.29) is 0 Å². The van der Waals surface area contributed by atoms with Gasteiger partial charge < -0.3 is 5.11 Å². The first-order valence-electron chi connectivity index (χ1n) is 3.38. The number of carbonyl (C=O) groups is 2. The summed E-state index contributed by atoms with van der Waals surface area (Å²) in [5.74, 6) is -2.88. The van der Waals surface area contributed by atoms with Gasteiger partial charge in [-0.05, 0) is 12.5 Å². The Balaban J connectivity index is 3.01. The summed E-state index contributed by atoms with van der Waals surface area (Å²) in [4.78, 5) is 21.5. The number of nitrogens with one attached hydrogen (secondary N) is 1. The van der Waals surface area contributed by atoms with Crippen molar-refractivity contribution in [1.82, 2.24) is 5.43 Å².